The van der Waals surface area contributed by atoms with Gasteiger partial charge < -0.3 is 14.2 Å². The quantitative estimate of drug-likeness (QED) is 0.631. The fraction of sp³-hybridized carbons (Fsp3) is 0.133. The first-order valence-electron chi connectivity index (χ1n) is 5.84. The second-order valence-electron chi connectivity index (χ2n) is 3.89. The molecule has 20 heavy (non-hydrogen) atoms. The molecule has 0 N–H and O–H groups in total. The summed E-state index contributed by atoms with van der Waals surface area (Å²) in [6.45, 7) is 0. The van der Waals surface area contributed by atoms with E-state index in [1.807, 2.05) is 0 Å². The molecular weight excluding hydrogens is 324 g/mol. The third kappa shape index (κ3) is 3.11. The van der Waals surface area contributed by atoms with Crippen molar-refractivity contribution in [2.75, 3.05) is 14.2 Å². The molecule has 0 amide bonds. The maximum absolute atomic E-state index is 12.2. The number of carbonyl (C=O) groups is 1. The number of methoxy groups -OCH3 is 2. The van der Waals surface area contributed by atoms with Crippen LogP contribution >= 0.6 is 15.9 Å². The van der Waals surface area contributed by atoms with E-state index in [4.69, 9.17) is 14.2 Å². The summed E-state index contributed by atoms with van der Waals surface area (Å²) in [6, 6.07) is 12.1. The van der Waals surface area contributed by atoms with Crippen molar-refractivity contribution in [3.63, 3.8) is 0 Å². The molecule has 0 unspecified atom stereocenters. The molecule has 0 aliphatic heterocycles. The van der Waals surface area contributed by atoms with E-state index in [0.717, 1.165) is 0 Å². The Balaban J connectivity index is 2.28. The van der Waals surface area contributed by atoms with E-state index >= 15 is 0 Å². The van der Waals surface area contributed by atoms with Gasteiger partial charge in [0.05, 0.1) is 19.8 Å². The number of ether oxygens (including phenoxy) is 3. The summed E-state index contributed by atoms with van der Waals surface area (Å²) in [5, 5.41) is 0. The van der Waals surface area contributed by atoms with Crippen LogP contribution in [-0.2, 0) is 0 Å². The second-order valence-corrected chi connectivity index (χ2v) is 4.74. The Labute approximate surface area is 125 Å². The van der Waals surface area contributed by atoms with Gasteiger partial charge in [0.1, 0.15) is 5.75 Å². The van der Waals surface area contributed by atoms with E-state index in [1.54, 1.807) is 49.6 Å². The van der Waals surface area contributed by atoms with Crippen LogP contribution in [0.15, 0.2) is 46.9 Å². The molecule has 0 spiro atoms. The summed E-state index contributed by atoms with van der Waals surface area (Å²) in [7, 11) is 3.06. The number of esters is 1. The van der Waals surface area contributed by atoms with Gasteiger partial charge in [-0.15, -0.1) is 0 Å². The summed E-state index contributed by atoms with van der Waals surface area (Å²) in [4.78, 5) is 12.2. The molecule has 104 valence electrons. The van der Waals surface area contributed by atoms with Gasteiger partial charge in [0.25, 0.3) is 0 Å². The normalized spacial score (nSPS) is 9.95. The highest BCUT2D eigenvalue weighted by Crippen LogP contribution is 2.29. The lowest BCUT2D eigenvalue weighted by Crippen LogP contribution is -2.10. The smallest absolute Gasteiger partial charge is 0.344 e. The lowest BCUT2D eigenvalue weighted by Gasteiger charge is -2.10. The maximum atomic E-state index is 12.2. The Morgan fingerprint density at radius 1 is 1.00 bits per heavy atom. The molecule has 0 atom stereocenters. The average molecular weight is 337 g/mol. The molecular formula is C15H13BrO4. The minimum Gasteiger partial charge on any atom is -0.497 e. The predicted molar refractivity (Wildman–Crippen MR) is 78.6 cm³/mol. The third-order valence-corrected chi connectivity index (χ3v) is 3.36. The van der Waals surface area contributed by atoms with Crippen LogP contribution in [0.1, 0.15) is 10.4 Å². The van der Waals surface area contributed by atoms with Crippen LogP contribution in [0, 0.1) is 0 Å². The van der Waals surface area contributed by atoms with Crippen molar-refractivity contribution in [1.82, 2.24) is 0 Å². The molecule has 0 saturated carbocycles. The van der Waals surface area contributed by atoms with Gasteiger partial charge in [-0.2, -0.15) is 0 Å². The summed E-state index contributed by atoms with van der Waals surface area (Å²) >= 11 is 3.32. The van der Waals surface area contributed by atoms with Crippen molar-refractivity contribution >= 4 is 21.9 Å². The lowest BCUT2D eigenvalue weighted by molar-refractivity contribution is 0.0728. The number of carbonyl (C=O) groups excluding carboxylic acids is 1. The first-order chi connectivity index (χ1) is 9.65. The SMILES string of the molecule is COc1ccc(Br)c(C(=O)Oc2ccccc2OC)c1. The summed E-state index contributed by atoms with van der Waals surface area (Å²) in [5.74, 6) is 0.968. The topological polar surface area (TPSA) is 44.8 Å². The molecule has 2 aromatic rings. The summed E-state index contributed by atoms with van der Waals surface area (Å²) < 4.78 is 16.2. The molecule has 0 aliphatic carbocycles. The van der Waals surface area contributed by atoms with Gasteiger partial charge in [-0.1, -0.05) is 12.1 Å². The van der Waals surface area contributed by atoms with E-state index in [1.165, 1.54) is 7.11 Å². The number of hydrogen-bond donors (Lipinski definition) is 0. The molecule has 0 heterocycles. The van der Waals surface area contributed by atoms with Crippen molar-refractivity contribution in [1.29, 1.82) is 0 Å². The van der Waals surface area contributed by atoms with Crippen LogP contribution < -0.4 is 14.2 Å². The van der Waals surface area contributed by atoms with E-state index in [9.17, 15) is 4.79 Å². The van der Waals surface area contributed by atoms with Crippen molar-refractivity contribution in [2.45, 2.75) is 0 Å². The monoisotopic (exact) mass is 336 g/mol. The number of halogens is 1. The molecule has 0 aliphatic rings. The number of hydrogen-bond acceptors (Lipinski definition) is 4. The van der Waals surface area contributed by atoms with E-state index in [2.05, 4.69) is 15.9 Å². The Morgan fingerprint density at radius 3 is 2.35 bits per heavy atom. The van der Waals surface area contributed by atoms with Crippen molar-refractivity contribution < 1.29 is 19.0 Å². The van der Waals surface area contributed by atoms with Crippen molar-refractivity contribution in [3.05, 3.63) is 52.5 Å². The average Bonchev–Trinajstić information content (AvgIpc) is 2.48. The van der Waals surface area contributed by atoms with Gasteiger partial charge in [0, 0.05) is 4.47 Å². The zero-order valence-electron chi connectivity index (χ0n) is 11.1. The van der Waals surface area contributed by atoms with Gasteiger partial charge >= 0.3 is 5.97 Å². The van der Waals surface area contributed by atoms with Gasteiger partial charge in [0.15, 0.2) is 11.5 Å². The van der Waals surface area contributed by atoms with Crippen LogP contribution in [0.25, 0.3) is 0 Å². The van der Waals surface area contributed by atoms with E-state index < -0.39 is 5.97 Å². The second kappa shape index (κ2) is 6.43. The van der Waals surface area contributed by atoms with Crippen LogP contribution in [0.3, 0.4) is 0 Å². The Kier molecular flexibility index (Phi) is 4.63. The lowest BCUT2D eigenvalue weighted by atomic mass is 10.2. The highest BCUT2D eigenvalue weighted by Gasteiger charge is 2.15. The molecule has 2 aromatic carbocycles. The number of rotatable bonds is 4. The van der Waals surface area contributed by atoms with Crippen molar-refractivity contribution in [2.24, 2.45) is 0 Å². The molecule has 2 rings (SSSR count). The molecule has 0 radical (unpaired) electrons. The van der Waals surface area contributed by atoms with E-state index in [0.29, 0.717) is 27.3 Å². The summed E-state index contributed by atoms with van der Waals surface area (Å²) in [6.07, 6.45) is 0. The van der Waals surface area contributed by atoms with Gasteiger partial charge in [-0.25, -0.2) is 4.79 Å². The molecule has 0 aromatic heterocycles. The number of para-hydroxylation sites is 2. The van der Waals surface area contributed by atoms with Gasteiger partial charge in [-0.3, -0.25) is 0 Å². The van der Waals surface area contributed by atoms with Crippen LogP contribution in [0.2, 0.25) is 0 Å². The first kappa shape index (κ1) is 14.4. The third-order valence-electron chi connectivity index (χ3n) is 2.67. The van der Waals surface area contributed by atoms with Gasteiger partial charge in [0.2, 0.25) is 0 Å². The maximum Gasteiger partial charge on any atom is 0.344 e. The minimum atomic E-state index is -0.486. The Morgan fingerprint density at radius 2 is 1.70 bits per heavy atom. The molecule has 0 saturated heterocycles. The molecule has 5 heteroatoms. The van der Waals surface area contributed by atoms with Crippen LogP contribution in [0.4, 0.5) is 0 Å². The number of benzene rings is 2. The zero-order valence-corrected chi connectivity index (χ0v) is 12.6. The Hall–Kier alpha value is -2.01. The molecule has 0 fully saturated rings. The molecule has 0 bridgehead atoms. The van der Waals surface area contributed by atoms with E-state index in [-0.39, 0.29) is 0 Å². The largest absolute Gasteiger partial charge is 0.497 e. The zero-order chi connectivity index (χ0) is 14.5. The predicted octanol–water partition coefficient (Wildman–Crippen LogP) is 3.69. The fourth-order valence-corrected chi connectivity index (χ4v) is 2.05. The highest BCUT2D eigenvalue weighted by molar-refractivity contribution is 9.10. The minimum absolute atomic E-state index is 0.370. The first-order valence-corrected chi connectivity index (χ1v) is 6.63. The Bertz CT molecular complexity index is 625. The molecule has 4 nitrogen and oxygen atoms in total. The van der Waals surface area contributed by atoms with Gasteiger partial charge in [-0.05, 0) is 46.3 Å². The standard InChI is InChI=1S/C15H13BrO4/c1-18-10-7-8-12(16)11(9-10)15(17)20-14-6-4-3-5-13(14)19-2/h3-9H,1-2H3. The van der Waals surface area contributed by atoms with Crippen molar-refractivity contribution in [3.8, 4) is 17.2 Å². The van der Waals surface area contributed by atoms with Crippen LogP contribution in [0.5, 0.6) is 17.2 Å². The summed E-state index contributed by atoms with van der Waals surface area (Å²) in [5.41, 5.74) is 0.384. The highest BCUT2D eigenvalue weighted by atomic mass is 79.9. The fourth-order valence-electron chi connectivity index (χ4n) is 1.65. The van der Waals surface area contributed by atoms with Crippen LogP contribution in [-0.4, -0.2) is 20.2 Å².